The molecule has 1 N–H and O–H groups in total. The number of hydrogen-bond acceptors (Lipinski definition) is 4. The molecule has 0 saturated heterocycles. The van der Waals surface area contributed by atoms with Crippen LogP contribution in [-0.4, -0.2) is 27.4 Å². The highest BCUT2D eigenvalue weighted by molar-refractivity contribution is 5.92. The van der Waals surface area contributed by atoms with Crippen molar-refractivity contribution in [2.75, 3.05) is 7.11 Å². The zero-order valence-electron chi connectivity index (χ0n) is 14.8. The molecule has 1 amide bonds. The van der Waals surface area contributed by atoms with E-state index in [9.17, 15) is 4.79 Å². The first-order valence-electron chi connectivity index (χ1n) is 8.54. The number of aromatic nitrogens is 3. The van der Waals surface area contributed by atoms with E-state index in [4.69, 9.17) is 4.74 Å². The van der Waals surface area contributed by atoms with Crippen molar-refractivity contribution in [3.8, 4) is 16.9 Å². The lowest BCUT2D eigenvalue weighted by molar-refractivity contribution is 0.0946. The van der Waals surface area contributed by atoms with Crippen molar-refractivity contribution in [1.82, 2.24) is 19.7 Å². The third kappa shape index (κ3) is 3.50. The van der Waals surface area contributed by atoms with E-state index in [0.29, 0.717) is 17.9 Å². The second-order valence-corrected chi connectivity index (χ2v) is 6.05. The number of methoxy groups -OCH3 is 1. The highest BCUT2D eigenvalue weighted by Gasteiger charge is 2.12. The van der Waals surface area contributed by atoms with E-state index >= 15 is 0 Å². The van der Waals surface area contributed by atoms with Gasteiger partial charge in [-0.15, -0.1) is 0 Å². The Balaban J connectivity index is 1.58. The van der Waals surface area contributed by atoms with Crippen molar-refractivity contribution >= 4 is 11.6 Å². The van der Waals surface area contributed by atoms with Gasteiger partial charge in [-0.3, -0.25) is 9.78 Å². The predicted octanol–water partition coefficient (Wildman–Crippen LogP) is 3.33. The second-order valence-electron chi connectivity index (χ2n) is 6.05. The molecule has 0 fully saturated rings. The van der Waals surface area contributed by atoms with Gasteiger partial charge in [-0.1, -0.05) is 18.2 Å². The molecule has 0 spiro atoms. The summed E-state index contributed by atoms with van der Waals surface area (Å²) in [6.07, 6.45) is 7.08. The van der Waals surface area contributed by atoms with Crippen LogP contribution in [-0.2, 0) is 6.54 Å². The SMILES string of the molecule is COc1ccccc1-c1ccc2nc(C(=O)NCc3ccncc3)cn2c1. The van der Waals surface area contributed by atoms with Crippen molar-refractivity contribution in [2.24, 2.45) is 0 Å². The minimum Gasteiger partial charge on any atom is -0.496 e. The van der Waals surface area contributed by atoms with Gasteiger partial charge in [-0.25, -0.2) is 4.98 Å². The largest absolute Gasteiger partial charge is 0.496 e. The summed E-state index contributed by atoms with van der Waals surface area (Å²) in [6.45, 7) is 0.432. The predicted molar refractivity (Wildman–Crippen MR) is 103 cm³/mol. The Morgan fingerprint density at radius 1 is 1.07 bits per heavy atom. The molecule has 27 heavy (non-hydrogen) atoms. The van der Waals surface area contributed by atoms with Gasteiger partial charge in [0.1, 0.15) is 17.1 Å². The Hall–Kier alpha value is -3.67. The zero-order valence-corrected chi connectivity index (χ0v) is 14.8. The molecule has 4 aromatic rings. The molecule has 134 valence electrons. The molecule has 0 saturated carbocycles. The highest BCUT2D eigenvalue weighted by Crippen LogP contribution is 2.29. The average molecular weight is 358 g/mol. The van der Waals surface area contributed by atoms with Crippen LogP contribution >= 0.6 is 0 Å². The molecule has 1 aromatic carbocycles. The first-order valence-corrected chi connectivity index (χ1v) is 8.54. The number of carbonyl (C=O) groups is 1. The van der Waals surface area contributed by atoms with Gasteiger partial charge in [0.25, 0.3) is 5.91 Å². The maximum atomic E-state index is 12.4. The van der Waals surface area contributed by atoms with E-state index in [1.165, 1.54) is 0 Å². The van der Waals surface area contributed by atoms with E-state index in [2.05, 4.69) is 15.3 Å². The third-order valence-corrected chi connectivity index (χ3v) is 4.30. The number of para-hydroxylation sites is 1. The van der Waals surface area contributed by atoms with Gasteiger partial charge < -0.3 is 14.5 Å². The summed E-state index contributed by atoms with van der Waals surface area (Å²) >= 11 is 0. The quantitative estimate of drug-likeness (QED) is 0.594. The summed E-state index contributed by atoms with van der Waals surface area (Å²) in [5.41, 5.74) is 4.05. The molecule has 0 aliphatic rings. The topological polar surface area (TPSA) is 68.5 Å². The van der Waals surface area contributed by atoms with Gasteiger partial charge in [0, 0.05) is 42.5 Å². The van der Waals surface area contributed by atoms with Crippen LogP contribution in [0.1, 0.15) is 16.1 Å². The Labute approximate surface area is 156 Å². The molecule has 0 aliphatic carbocycles. The number of hydrogen-bond donors (Lipinski definition) is 1. The van der Waals surface area contributed by atoms with E-state index in [-0.39, 0.29) is 5.91 Å². The fourth-order valence-electron chi connectivity index (χ4n) is 2.92. The summed E-state index contributed by atoms with van der Waals surface area (Å²) in [5, 5.41) is 2.88. The summed E-state index contributed by atoms with van der Waals surface area (Å²) in [6, 6.07) is 15.4. The lowest BCUT2D eigenvalue weighted by Crippen LogP contribution is -2.23. The molecule has 0 radical (unpaired) electrons. The van der Waals surface area contributed by atoms with Crippen molar-refractivity contribution < 1.29 is 9.53 Å². The van der Waals surface area contributed by atoms with Crippen LogP contribution < -0.4 is 10.1 Å². The molecule has 3 heterocycles. The number of carbonyl (C=O) groups excluding carboxylic acids is 1. The fourth-order valence-corrected chi connectivity index (χ4v) is 2.92. The van der Waals surface area contributed by atoms with Gasteiger partial charge in [-0.2, -0.15) is 0 Å². The molecule has 3 aromatic heterocycles. The minimum absolute atomic E-state index is 0.214. The maximum Gasteiger partial charge on any atom is 0.271 e. The van der Waals surface area contributed by atoms with Crippen LogP contribution in [0.3, 0.4) is 0 Å². The summed E-state index contributed by atoms with van der Waals surface area (Å²) in [7, 11) is 1.65. The molecule has 0 atom stereocenters. The fraction of sp³-hybridized carbons (Fsp3) is 0.0952. The Kier molecular flexibility index (Phi) is 4.53. The minimum atomic E-state index is -0.214. The Bertz CT molecular complexity index is 1090. The van der Waals surface area contributed by atoms with E-state index in [0.717, 1.165) is 22.4 Å². The summed E-state index contributed by atoms with van der Waals surface area (Å²) < 4.78 is 7.29. The molecule has 0 bridgehead atoms. The van der Waals surface area contributed by atoms with E-state index in [1.807, 2.05) is 59.1 Å². The molecule has 4 rings (SSSR count). The average Bonchev–Trinajstić information content (AvgIpc) is 3.16. The Morgan fingerprint density at radius 3 is 2.70 bits per heavy atom. The second kappa shape index (κ2) is 7.29. The first kappa shape index (κ1) is 16.8. The summed E-state index contributed by atoms with van der Waals surface area (Å²) in [5.74, 6) is 0.585. The lowest BCUT2D eigenvalue weighted by Gasteiger charge is -2.08. The van der Waals surface area contributed by atoms with Crippen LogP contribution in [0, 0.1) is 0 Å². The van der Waals surface area contributed by atoms with Crippen LogP contribution in [0.2, 0.25) is 0 Å². The number of nitrogens with one attached hydrogen (secondary N) is 1. The van der Waals surface area contributed by atoms with Gasteiger partial charge in [0.2, 0.25) is 0 Å². The molecular weight excluding hydrogens is 340 g/mol. The molecular formula is C21H18N4O2. The maximum absolute atomic E-state index is 12.4. The third-order valence-electron chi connectivity index (χ3n) is 4.30. The van der Waals surface area contributed by atoms with Crippen LogP contribution in [0.25, 0.3) is 16.8 Å². The van der Waals surface area contributed by atoms with Gasteiger partial charge >= 0.3 is 0 Å². The zero-order chi connectivity index (χ0) is 18.6. The highest BCUT2D eigenvalue weighted by atomic mass is 16.5. The molecule has 6 nitrogen and oxygen atoms in total. The van der Waals surface area contributed by atoms with Gasteiger partial charge in [-0.05, 0) is 35.9 Å². The Morgan fingerprint density at radius 2 is 1.89 bits per heavy atom. The smallest absolute Gasteiger partial charge is 0.271 e. The number of amides is 1. The van der Waals surface area contributed by atoms with Crippen molar-refractivity contribution in [2.45, 2.75) is 6.54 Å². The molecule has 0 aliphatic heterocycles. The number of imidazole rings is 1. The number of rotatable bonds is 5. The van der Waals surface area contributed by atoms with Gasteiger partial charge in [0.05, 0.1) is 7.11 Å². The van der Waals surface area contributed by atoms with E-state index in [1.54, 1.807) is 25.7 Å². The standard InChI is InChI=1S/C21H18N4O2/c1-27-19-5-3-2-4-17(19)16-6-7-20-24-18(14-25(20)13-16)21(26)23-12-15-8-10-22-11-9-15/h2-11,13-14H,12H2,1H3,(H,23,26). The van der Waals surface area contributed by atoms with Crippen LogP contribution in [0.4, 0.5) is 0 Å². The monoisotopic (exact) mass is 358 g/mol. The van der Waals surface area contributed by atoms with Crippen molar-refractivity contribution in [3.05, 3.63) is 84.6 Å². The normalized spacial score (nSPS) is 10.7. The van der Waals surface area contributed by atoms with Crippen molar-refractivity contribution in [3.63, 3.8) is 0 Å². The van der Waals surface area contributed by atoms with Crippen molar-refractivity contribution in [1.29, 1.82) is 0 Å². The summed E-state index contributed by atoms with van der Waals surface area (Å²) in [4.78, 5) is 20.8. The van der Waals surface area contributed by atoms with Crippen LogP contribution in [0.5, 0.6) is 5.75 Å². The number of nitrogens with zero attached hydrogens (tertiary/aromatic N) is 3. The molecule has 6 heteroatoms. The molecule has 0 unspecified atom stereocenters. The van der Waals surface area contributed by atoms with Crippen LogP contribution in [0.15, 0.2) is 73.3 Å². The van der Waals surface area contributed by atoms with E-state index < -0.39 is 0 Å². The number of ether oxygens (including phenoxy) is 1. The lowest BCUT2D eigenvalue weighted by atomic mass is 10.1. The van der Waals surface area contributed by atoms with Gasteiger partial charge in [0.15, 0.2) is 0 Å². The number of pyridine rings is 2. The number of benzene rings is 1. The number of fused-ring (bicyclic) bond motifs is 1. The first-order chi connectivity index (χ1) is 13.2.